The van der Waals surface area contributed by atoms with E-state index in [0.29, 0.717) is 22.2 Å². The van der Waals surface area contributed by atoms with Gasteiger partial charge in [0.1, 0.15) is 5.82 Å². The van der Waals surface area contributed by atoms with Crippen LogP contribution < -0.4 is 0 Å². The third-order valence-corrected chi connectivity index (χ3v) is 6.47. The van der Waals surface area contributed by atoms with E-state index >= 15 is 0 Å². The summed E-state index contributed by atoms with van der Waals surface area (Å²) in [4.78, 5) is 18.9. The highest BCUT2D eigenvalue weighted by molar-refractivity contribution is 7.89. The molecule has 4 aromatic rings. The molecule has 0 saturated heterocycles. The van der Waals surface area contributed by atoms with Crippen molar-refractivity contribution in [2.24, 2.45) is 0 Å². The van der Waals surface area contributed by atoms with Crippen LogP contribution in [-0.2, 0) is 16.6 Å². The summed E-state index contributed by atoms with van der Waals surface area (Å²) in [6.07, 6.45) is 0. The quantitative estimate of drug-likeness (QED) is 0.540. The fraction of sp³-hybridized carbons (Fsp3) is 0.100. The standard InChI is InChI=1S/C20H17N3O4S/c1-23(12-18-21-16-10-5-9-15(20(24)25)19(16)22-18)28(26,27)17-11-4-7-13-6-2-3-8-14(13)17/h2-11H,12H2,1H3,(H,21,22)(H,24,25). The van der Waals surface area contributed by atoms with Crippen LogP contribution in [0, 0.1) is 0 Å². The Kier molecular flexibility index (Phi) is 4.37. The number of aromatic carboxylic acids is 1. The fourth-order valence-electron chi connectivity index (χ4n) is 3.22. The van der Waals surface area contributed by atoms with Crippen LogP contribution in [0.4, 0.5) is 0 Å². The number of nitrogens with one attached hydrogen (secondary N) is 1. The van der Waals surface area contributed by atoms with Crippen LogP contribution in [-0.4, -0.2) is 40.8 Å². The molecule has 0 amide bonds. The Morgan fingerprint density at radius 3 is 2.57 bits per heavy atom. The number of carboxylic acids is 1. The molecule has 0 unspecified atom stereocenters. The van der Waals surface area contributed by atoms with E-state index in [2.05, 4.69) is 9.97 Å². The van der Waals surface area contributed by atoms with Gasteiger partial charge >= 0.3 is 5.97 Å². The van der Waals surface area contributed by atoms with Crippen molar-refractivity contribution in [1.29, 1.82) is 0 Å². The van der Waals surface area contributed by atoms with Crippen molar-refractivity contribution in [3.63, 3.8) is 0 Å². The van der Waals surface area contributed by atoms with Gasteiger partial charge in [-0.05, 0) is 23.6 Å². The number of carboxylic acid groups (broad SMARTS) is 1. The van der Waals surface area contributed by atoms with Crippen molar-refractivity contribution in [3.05, 3.63) is 72.1 Å². The number of aromatic nitrogens is 2. The van der Waals surface area contributed by atoms with Gasteiger partial charge in [-0.1, -0.05) is 42.5 Å². The zero-order valence-corrected chi connectivity index (χ0v) is 15.8. The molecule has 0 fully saturated rings. The lowest BCUT2D eigenvalue weighted by atomic mass is 10.1. The number of carbonyl (C=O) groups is 1. The van der Waals surface area contributed by atoms with Crippen LogP contribution in [0.25, 0.3) is 21.8 Å². The van der Waals surface area contributed by atoms with E-state index in [-0.39, 0.29) is 17.0 Å². The Morgan fingerprint density at radius 2 is 1.79 bits per heavy atom. The van der Waals surface area contributed by atoms with Crippen molar-refractivity contribution in [1.82, 2.24) is 14.3 Å². The predicted molar refractivity (Wildman–Crippen MR) is 106 cm³/mol. The lowest BCUT2D eigenvalue weighted by Gasteiger charge is -2.17. The first-order valence-corrected chi connectivity index (χ1v) is 9.97. The molecule has 0 bridgehead atoms. The number of sulfonamides is 1. The number of aromatic amines is 1. The number of nitrogens with zero attached hydrogens (tertiary/aromatic N) is 2. The second kappa shape index (κ2) is 6.74. The average molecular weight is 395 g/mol. The number of H-pyrrole nitrogens is 1. The molecule has 8 heteroatoms. The van der Waals surface area contributed by atoms with Gasteiger partial charge in [-0.25, -0.2) is 18.2 Å². The number of hydrogen-bond acceptors (Lipinski definition) is 4. The van der Waals surface area contributed by atoms with E-state index < -0.39 is 16.0 Å². The maximum atomic E-state index is 13.1. The SMILES string of the molecule is CN(Cc1nc2cccc(C(=O)O)c2[nH]1)S(=O)(=O)c1cccc2ccccc12. The molecule has 2 N–H and O–H groups in total. The van der Waals surface area contributed by atoms with E-state index in [4.69, 9.17) is 0 Å². The molecule has 0 saturated carbocycles. The first-order valence-electron chi connectivity index (χ1n) is 8.53. The fourth-order valence-corrected chi connectivity index (χ4v) is 4.56. The third kappa shape index (κ3) is 3.02. The van der Waals surface area contributed by atoms with Crippen LogP contribution in [0.3, 0.4) is 0 Å². The van der Waals surface area contributed by atoms with E-state index in [1.165, 1.54) is 17.4 Å². The molecular weight excluding hydrogens is 378 g/mol. The van der Waals surface area contributed by atoms with Gasteiger partial charge in [0.2, 0.25) is 10.0 Å². The summed E-state index contributed by atoms with van der Waals surface area (Å²) in [6.45, 7) is -0.0146. The van der Waals surface area contributed by atoms with Crippen LogP contribution in [0.2, 0.25) is 0 Å². The molecule has 4 rings (SSSR count). The molecule has 28 heavy (non-hydrogen) atoms. The number of hydrogen-bond donors (Lipinski definition) is 2. The molecule has 0 spiro atoms. The van der Waals surface area contributed by atoms with Crippen LogP contribution in [0.5, 0.6) is 0 Å². The van der Waals surface area contributed by atoms with Crippen LogP contribution in [0.1, 0.15) is 16.2 Å². The Labute approximate surface area is 161 Å². The van der Waals surface area contributed by atoms with Gasteiger partial charge in [0.25, 0.3) is 0 Å². The average Bonchev–Trinajstić information content (AvgIpc) is 3.09. The van der Waals surface area contributed by atoms with Gasteiger partial charge in [0.15, 0.2) is 0 Å². The first kappa shape index (κ1) is 18.1. The Hall–Kier alpha value is -3.23. The van der Waals surface area contributed by atoms with E-state index in [9.17, 15) is 18.3 Å². The second-order valence-corrected chi connectivity index (χ2v) is 8.44. The van der Waals surface area contributed by atoms with Crippen LogP contribution in [0.15, 0.2) is 65.6 Å². The molecule has 142 valence electrons. The highest BCUT2D eigenvalue weighted by Gasteiger charge is 2.24. The van der Waals surface area contributed by atoms with Crippen molar-refractivity contribution >= 4 is 37.8 Å². The third-order valence-electron chi connectivity index (χ3n) is 4.61. The summed E-state index contributed by atoms with van der Waals surface area (Å²) in [5, 5.41) is 10.8. The van der Waals surface area contributed by atoms with Crippen molar-refractivity contribution in [3.8, 4) is 0 Å². The molecular formula is C20H17N3O4S. The van der Waals surface area contributed by atoms with Gasteiger partial charge in [-0.15, -0.1) is 0 Å². The maximum absolute atomic E-state index is 13.1. The van der Waals surface area contributed by atoms with Gasteiger partial charge in [0, 0.05) is 12.4 Å². The Balaban J connectivity index is 1.71. The summed E-state index contributed by atoms with van der Waals surface area (Å²) in [7, 11) is -2.30. The summed E-state index contributed by atoms with van der Waals surface area (Å²) in [5.41, 5.74) is 0.947. The van der Waals surface area contributed by atoms with Crippen molar-refractivity contribution in [2.45, 2.75) is 11.4 Å². The van der Waals surface area contributed by atoms with Gasteiger partial charge in [-0.3, -0.25) is 0 Å². The van der Waals surface area contributed by atoms with Crippen molar-refractivity contribution < 1.29 is 18.3 Å². The summed E-state index contributed by atoms with van der Waals surface area (Å²) in [5.74, 6) is -0.701. The summed E-state index contributed by atoms with van der Waals surface area (Å²) >= 11 is 0. The van der Waals surface area contributed by atoms with Gasteiger partial charge in [0.05, 0.1) is 28.0 Å². The molecule has 3 aromatic carbocycles. The monoisotopic (exact) mass is 395 g/mol. The summed E-state index contributed by atoms with van der Waals surface area (Å²) in [6, 6.07) is 17.2. The lowest BCUT2D eigenvalue weighted by Crippen LogP contribution is -2.27. The Morgan fingerprint density at radius 1 is 1.07 bits per heavy atom. The number of rotatable bonds is 5. The molecule has 0 atom stereocenters. The largest absolute Gasteiger partial charge is 0.478 e. The number of para-hydroxylation sites is 1. The smallest absolute Gasteiger partial charge is 0.337 e. The molecule has 0 radical (unpaired) electrons. The van der Waals surface area contributed by atoms with Crippen molar-refractivity contribution in [2.75, 3.05) is 7.05 Å². The minimum Gasteiger partial charge on any atom is -0.478 e. The van der Waals surface area contributed by atoms with E-state index in [1.807, 2.05) is 18.2 Å². The second-order valence-electron chi connectivity index (χ2n) is 6.43. The van der Waals surface area contributed by atoms with E-state index in [1.54, 1.807) is 36.4 Å². The minimum absolute atomic E-state index is 0.0146. The number of benzene rings is 3. The normalized spacial score (nSPS) is 12.1. The zero-order chi connectivity index (χ0) is 19.9. The van der Waals surface area contributed by atoms with Crippen LogP contribution >= 0.6 is 0 Å². The highest BCUT2D eigenvalue weighted by atomic mass is 32.2. The predicted octanol–water partition coefficient (Wildman–Crippen LogP) is 3.24. The molecule has 1 heterocycles. The molecule has 0 aliphatic heterocycles. The molecule has 7 nitrogen and oxygen atoms in total. The first-order chi connectivity index (χ1) is 13.4. The number of fused-ring (bicyclic) bond motifs is 2. The molecule has 0 aliphatic rings. The maximum Gasteiger partial charge on any atom is 0.337 e. The van der Waals surface area contributed by atoms with Gasteiger partial charge < -0.3 is 10.1 Å². The van der Waals surface area contributed by atoms with Gasteiger partial charge in [-0.2, -0.15) is 4.31 Å². The molecule has 1 aromatic heterocycles. The Bertz CT molecular complexity index is 1310. The number of imidazole rings is 1. The summed E-state index contributed by atoms with van der Waals surface area (Å²) < 4.78 is 27.5. The zero-order valence-electron chi connectivity index (χ0n) is 15.0. The molecule has 0 aliphatic carbocycles. The highest BCUT2D eigenvalue weighted by Crippen LogP contribution is 2.26. The minimum atomic E-state index is -3.77. The topological polar surface area (TPSA) is 103 Å². The van der Waals surface area contributed by atoms with E-state index in [0.717, 1.165) is 5.39 Å². The lowest BCUT2D eigenvalue weighted by molar-refractivity contribution is 0.0699.